The van der Waals surface area contributed by atoms with Crippen molar-refractivity contribution in [1.29, 1.82) is 0 Å². The van der Waals surface area contributed by atoms with Gasteiger partial charge in [-0.25, -0.2) is 4.79 Å². The summed E-state index contributed by atoms with van der Waals surface area (Å²) in [7, 11) is 0. The summed E-state index contributed by atoms with van der Waals surface area (Å²) in [6.07, 6.45) is 0.833. The number of aromatic hydroxyl groups is 1. The summed E-state index contributed by atoms with van der Waals surface area (Å²) in [4.78, 5) is 38.9. The number of nitrogens with one attached hydrogen (secondary N) is 1. The Balaban J connectivity index is 0.00000263. The zero-order valence-electron chi connectivity index (χ0n) is 18.6. The van der Waals surface area contributed by atoms with E-state index < -0.39 is 16.6 Å². The molecule has 1 aromatic carbocycles. The number of hydrogen-bond donors (Lipinski definition) is 2. The molecule has 0 saturated heterocycles. The van der Waals surface area contributed by atoms with Crippen molar-refractivity contribution in [3.63, 3.8) is 0 Å². The average molecular weight is 424 g/mol. The highest BCUT2D eigenvalue weighted by molar-refractivity contribution is 5.68. The molecule has 1 unspecified atom stereocenters. The maximum atomic E-state index is 12.2. The van der Waals surface area contributed by atoms with E-state index in [2.05, 4.69) is 33.0 Å². The van der Waals surface area contributed by atoms with E-state index in [9.17, 15) is 20.0 Å². The third-order valence-corrected chi connectivity index (χ3v) is 4.56. The smallest absolute Gasteiger partial charge is 0.407 e. The number of rotatable bonds is 6. The van der Waals surface area contributed by atoms with Crippen molar-refractivity contribution in [2.75, 3.05) is 0 Å². The summed E-state index contributed by atoms with van der Waals surface area (Å²) in [5, 5.41) is 23.6. The lowest BCUT2D eigenvalue weighted by Crippen LogP contribution is -2.42. The third-order valence-electron chi connectivity index (χ3n) is 4.56. The molecule has 1 amide bonds. The molecule has 2 N–H and O–H groups in total. The van der Waals surface area contributed by atoms with Gasteiger partial charge < -0.3 is 15.2 Å². The van der Waals surface area contributed by atoms with E-state index in [1.807, 2.05) is 0 Å². The number of amides is 1. The standard InChI is InChI=1S/C20H32N2O5.CO2/c1-13(19(2,3)4)10-15(21-18(24)27-20(5,6)7)11-14-8-9-17(23)16(12-14)22(25)26;2-1-3/h8-9,12-13,15,23H,10-11H2,1-7H3,(H,21,24);/t13?,15-;/m1./s1. The first-order valence-corrected chi connectivity index (χ1v) is 9.55. The van der Waals surface area contributed by atoms with Crippen molar-refractivity contribution in [2.24, 2.45) is 11.3 Å². The average Bonchev–Trinajstić information content (AvgIpc) is 2.54. The number of hydrogen-bond acceptors (Lipinski definition) is 7. The van der Waals surface area contributed by atoms with E-state index in [1.54, 1.807) is 26.8 Å². The maximum absolute atomic E-state index is 12.2. The van der Waals surface area contributed by atoms with E-state index in [1.165, 1.54) is 12.1 Å². The number of nitrogens with zero attached hydrogens (tertiary/aromatic N) is 1. The Morgan fingerprint density at radius 1 is 1.23 bits per heavy atom. The van der Waals surface area contributed by atoms with Gasteiger partial charge >= 0.3 is 17.9 Å². The van der Waals surface area contributed by atoms with Crippen LogP contribution < -0.4 is 5.32 Å². The second-order valence-corrected chi connectivity index (χ2v) is 9.21. The first kappa shape index (κ1) is 27.1. The number of nitro groups is 1. The largest absolute Gasteiger partial charge is 0.502 e. The van der Waals surface area contributed by atoms with E-state index in [-0.39, 0.29) is 29.0 Å². The van der Waals surface area contributed by atoms with Crippen LogP contribution >= 0.6 is 0 Å². The van der Waals surface area contributed by atoms with Gasteiger partial charge in [0.25, 0.3) is 0 Å². The molecule has 0 aliphatic carbocycles. The topological polar surface area (TPSA) is 136 Å². The Bertz CT molecular complexity index is 758. The molecule has 0 saturated carbocycles. The molecule has 0 aliphatic rings. The lowest BCUT2D eigenvalue weighted by atomic mass is 9.78. The maximum Gasteiger partial charge on any atom is 0.407 e. The van der Waals surface area contributed by atoms with Gasteiger partial charge in [0.15, 0.2) is 5.75 Å². The minimum atomic E-state index is -0.618. The van der Waals surface area contributed by atoms with Crippen LogP contribution in [0.1, 0.15) is 60.5 Å². The van der Waals surface area contributed by atoms with E-state index in [0.29, 0.717) is 24.3 Å². The molecular weight excluding hydrogens is 392 g/mol. The van der Waals surface area contributed by atoms with Gasteiger partial charge in [-0.15, -0.1) is 0 Å². The Hall–Kier alpha value is -2.93. The van der Waals surface area contributed by atoms with Gasteiger partial charge in [-0.2, -0.15) is 9.59 Å². The van der Waals surface area contributed by atoms with Crippen LogP contribution in [0, 0.1) is 21.4 Å². The van der Waals surface area contributed by atoms with Crippen LogP contribution in [-0.2, 0) is 20.7 Å². The Morgan fingerprint density at radius 2 is 1.77 bits per heavy atom. The molecule has 0 radical (unpaired) electrons. The van der Waals surface area contributed by atoms with Gasteiger partial charge in [-0.1, -0.05) is 33.8 Å². The summed E-state index contributed by atoms with van der Waals surface area (Å²) in [6.45, 7) is 13.9. The second-order valence-electron chi connectivity index (χ2n) is 9.21. The third kappa shape index (κ3) is 10.6. The highest BCUT2D eigenvalue weighted by Gasteiger charge is 2.27. The first-order chi connectivity index (χ1) is 13.6. The summed E-state index contributed by atoms with van der Waals surface area (Å²) >= 11 is 0. The normalized spacial score (nSPS) is 13.2. The number of nitro benzene ring substituents is 1. The van der Waals surface area contributed by atoms with Crippen LogP contribution in [0.4, 0.5) is 10.5 Å². The summed E-state index contributed by atoms with van der Waals surface area (Å²) < 4.78 is 5.36. The van der Waals surface area contributed by atoms with Crippen LogP contribution in [0.3, 0.4) is 0 Å². The lowest BCUT2D eigenvalue weighted by molar-refractivity contribution is -0.385. The van der Waals surface area contributed by atoms with Crippen LogP contribution in [0.5, 0.6) is 5.75 Å². The molecule has 0 aliphatic heterocycles. The van der Waals surface area contributed by atoms with Crippen LogP contribution in [0.2, 0.25) is 0 Å². The van der Waals surface area contributed by atoms with Crippen molar-refractivity contribution in [1.82, 2.24) is 5.32 Å². The van der Waals surface area contributed by atoms with E-state index in [4.69, 9.17) is 14.3 Å². The monoisotopic (exact) mass is 424 g/mol. The highest BCUT2D eigenvalue weighted by atomic mass is 16.6. The van der Waals surface area contributed by atoms with Gasteiger partial charge in [-0.05, 0) is 56.6 Å². The zero-order valence-corrected chi connectivity index (χ0v) is 18.6. The summed E-state index contributed by atoms with van der Waals surface area (Å²) in [5.41, 5.74) is -0.231. The molecule has 1 rings (SSSR count). The second kappa shape index (κ2) is 11.3. The van der Waals surface area contributed by atoms with Gasteiger partial charge in [0.2, 0.25) is 0 Å². The zero-order chi connectivity index (χ0) is 23.7. The minimum absolute atomic E-state index is 0.0504. The van der Waals surface area contributed by atoms with Gasteiger partial charge in [0, 0.05) is 12.1 Å². The minimum Gasteiger partial charge on any atom is -0.502 e. The molecule has 168 valence electrons. The SMILES string of the molecule is CC(C[C@H](Cc1ccc(O)c([N+](=O)[O-])c1)NC(=O)OC(C)(C)C)C(C)(C)C.O=C=O. The number of alkyl carbamates (subject to hydrolysis) is 1. The van der Waals surface area contributed by atoms with Crippen molar-refractivity contribution < 1.29 is 29.2 Å². The quantitative estimate of drug-likeness (QED) is 0.515. The molecule has 0 spiro atoms. The Kier molecular flexibility index (Phi) is 10.2. The number of benzene rings is 1. The number of phenols is 1. The molecule has 9 nitrogen and oxygen atoms in total. The molecule has 0 fully saturated rings. The number of carbonyl (C=O) groups is 1. The molecule has 0 aromatic heterocycles. The summed E-state index contributed by atoms with van der Waals surface area (Å²) in [5.74, 6) is -0.0759. The highest BCUT2D eigenvalue weighted by Crippen LogP contribution is 2.31. The van der Waals surface area contributed by atoms with Crippen molar-refractivity contribution in [3.8, 4) is 5.75 Å². The van der Waals surface area contributed by atoms with Crippen molar-refractivity contribution in [2.45, 2.75) is 73.0 Å². The fourth-order valence-corrected chi connectivity index (χ4v) is 2.57. The Labute approximate surface area is 177 Å². The Morgan fingerprint density at radius 3 is 2.20 bits per heavy atom. The number of ether oxygens (including phenoxy) is 1. The van der Waals surface area contributed by atoms with Crippen LogP contribution in [-0.4, -0.2) is 33.9 Å². The van der Waals surface area contributed by atoms with Gasteiger partial charge in [-0.3, -0.25) is 10.1 Å². The van der Waals surface area contributed by atoms with E-state index >= 15 is 0 Å². The molecule has 30 heavy (non-hydrogen) atoms. The van der Waals surface area contributed by atoms with Gasteiger partial charge in [0.1, 0.15) is 5.60 Å². The molecule has 0 heterocycles. The summed E-state index contributed by atoms with van der Waals surface area (Å²) in [6, 6.07) is 4.04. The predicted molar refractivity (Wildman–Crippen MR) is 110 cm³/mol. The fourth-order valence-electron chi connectivity index (χ4n) is 2.57. The fraction of sp³-hybridized carbons (Fsp3) is 0.619. The van der Waals surface area contributed by atoms with Gasteiger partial charge in [0.05, 0.1) is 4.92 Å². The first-order valence-electron chi connectivity index (χ1n) is 9.55. The molecule has 0 bridgehead atoms. The molecular formula is C21H32N2O7. The van der Waals surface area contributed by atoms with Crippen molar-refractivity contribution in [3.05, 3.63) is 33.9 Å². The van der Waals surface area contributed by atoms with Crippen molar-refractivity contribution >= 4 is 17.9 Å². The number of phenolic OH excluding ortho intramolecular Hbond substituents is 1. The molecule has 2 atom stereocenters. The van der Waals surface area contributed by atoms with Crippen LogP contribution in [0.25, 0.3) is 0 Å². The molecule has 9 heteroatoms. The molecule has 1 aromatic rings. The predicted octanol–water partition coefficient (Wildman–Crippen LogP) is 4.23. The number of carbonyl (C=O) groups excluding carboxylic acids is 3. The van der Waals surface area contributed by atoms with Crippen LogP contribution in [0.15, 0.2) is 18.2 Å². The lowest BCUT2D eigenvalue weighted by Gasteiger charge is -2.31. The van der Waals surface area contributed by atoms with E-state index in [0.717, 1.165) is 0 Å².